The first-order valence-corrected chi connectivity index (χ1v) is 9.24. The summed E-state index contributed by atoms with van der Waals surface area (Å²) in [4.78, 5) is 31.5. The number of carbonyl (C=O) groups is 1. The molecule has 1 N–H and O–H groups in total. The van der Waals surface area contributed by atoms with Crippen LogP contribution < -0.4 is 10.5 Å². The number of para-hydroxylation sites is 1. The number of nitrogens with one attached hydrogen (secondary N) is 1. The van der Waals surface area contributed by atoms with E-state index in [1.165, 1.54) is 11.8 Å². The molecule has 2 heterocycles. The predicted octanol–water partition coefficient (Wildman–Crippen LogP) is 3.10. The summed E-state index contributed by atoms with van der Waals surface area (Å²) < 4.78 is 0. The number of aromatic nitrogens is 1. The zero-order chi connectivity index (χ0) is 18.7. The molecule has 1 amide bonds. The number of amides is 1. The maximum atomic E-state index is 12.9. The molecule has 0 aliphatic carbocycles. The van der Waals surface area contributed by atoms with Crippen LogP contribution in [0.2, 0.25) is 0 Å². The number of pyridine rings is 1. The zero-order valence-corrected chi connectivity index (χ0v) is 15.7. The van der Waals surface area contributed by atoms with E-state index in [4.69, 9.17) is 0 Å². The van der Waals surface area contributed by atoms with Crippen LogP contribution in [-0.4, -0.2) is 42.5 Å². The first kappa shape index (κ1) is 18.2. The maximum Gasteiger partial charge on any atom is 0.255 e. The van der Waals surface area contributed by atoms with Crippen molar-refractivity contribution >= 4 is 11.6 Å². The standard InChI is InChI=1S/C21H27N3O2/c1-15(2)20-18(9-10-19(25)22-20)21(26)23(3)13-16-11-12-24(14-16)17-7-5-4-6-8-17/h4-10,15-16H,11-14H2,1-3H3,(H,22,25). The highest BCUT2D eigenvalue weighted by molar-refractivity contribution is 5.95. The Bertz CT molecular complexity index is 814. The Hall–Kier alpha value is -2.56. The van der Waals surface area contributed by atoms with E-state index in [2.05, 4.69) is 34.1 Å². The zero-order valence-electron chi connectivity index (χ0n) is 15.7. The van der Waals surface area contributed by atoms with Gasteiger partial charge in [0.05, 0.1) is 5.56 Å². The molecule has 1 aliphatic rings. The minimum atomic E-state index is -0.165. The Balaban J connectivity index is 1.66. The number of hydrogen-bond donors (Lipinski definition) is 1. The molecule has 1 aliphatic heterocycles. The van der Waals surface area contributed by atoms with E-state index in [0.29, 0.717) is 17.2 Å². The topological polar surface area (TPSA) is 56.4 Å². The summed E-state index contributed by atoms with van der Waals surface area (Å²) in [6.07, 6.45) is 1.08. The van der Waals surface area contributed by atoms with Gasteiger partial charge in [-0.3, -0.25) is 9.59 Å². The van der Waals surface area contributed by atoms with Crippen molar-refractivity contribution in [3.8, 4) is 0 Å². The molecule has 1 saturated heterocycles. The smallest absolute Gasteiger partial charge is 0.255 e. The molecule has 2 aromatic rings. The van der Waals surface area contributed by atoms with Gasteiger partial charge in [-0.1, -0.05) is 32.0 Å². The van der Waals surface area contributed by atoms with Crippen molar-refractivity contribution in [3.05, 3.63) is 64.1 Å². The molecule has 138 valence electrons. The lowest BCUT2D eigenvalue weighted by Crippen LogP contribution is -2.34. The van der Waals surface area contributed by atoms with Crippen molar-refractivity contribution in [1.82, 2.24) is 9.88 Å². The molecular weight excluding hydrogens is 326 g/mol. The molecule has 5 nitrogen and oxygen atoms in total. The number of rotatable bonds is 5. The highest BCUT2D eigenvalue weighted by atomic mass is 16.2. The Morgan fingerprint density at radius 3 is 2.65 bits per heavy atom. The Kier molecular flexibility index (Phi) is 5.45. The summed E-state index contributed by atoms with van der Waals surface area (Å²) in [5.41, 5.74) is 2.39. The fourth-order valence-corrected chi connectivity index (χ4v) is 3.66. The third-order valence-electron chi connectivity index (χ3n) is 5.04. The normalized spacial score (nSPS) is 16.9. The number of H-pyrrole nitrogens is 1. The number of hydrogen-bond acceptors (Lipinski definition) is 3. The highest BCUT2D eigenvalue weighted by Gasteiger charge is 2.26. The summed E-state index contributed by atoms with van der Waals surface area (Å²) in [5, 5.41) is 0. The first-order valence-electron chi connectivity index (χ1n) is 9.24. The highest BCUT2D eigenvalue weighted by Crippen LogP contribution is 2.24. The van der Waals surface area contributed by atoms with Gasteiger partial charge in [0, 0.05) is 44.1 Å². The quantitative estimate of drug-likeness (QED) is 0.899. The molecule has 26 heavy (non-hydrogen) atoms. The van der Waals surface area contributed by atoms with Crippen molar-refractivity contribution < 1.29 is 4.79 Å². The molecule has 1 unspecified atom stereocenters. The SMILES string of the molecule is CC(C)c1[nH]c(=O)ccc1C(=O)N(C)CC1CCN(c2ccccc2)C1. The molecule has 3 rings (SSSR count). The fraction of sp³-hybridized carbons (Fsp3) is 0.429. The van der Waals surface area contributed by atoms with Crippen LogP contribution >= 0.6 is 0 Å². The maximum absolute atomic E-state index is 12.9. The number of anilines is 1. The van der Waals surface area contributed by atoms with Crippen LogP contribution in [0.1, 0.15) is 42.2 Å². The van der Waals surface area contributed by atoms with Crippen molar-refractivity contribution in [3.63, 3.8) is 0 Å². The van der Waals surface area contributed by atoms with Crippen LogP contribution in [0.25, 0.3) is 0 Å². The van der Waals surface area contributed by atoms with Gasteiger partial charge in [0.2, 0.25) is 5.56 Å². The van der Waals surface area contributed by atoms with Gasteiger partial charge in [-0.05, 0) is 36.5 Å². The number of aromatic amines is 1. The second-order valence-corrected chi connectivity index (χ2v) is 7.43. The Labute approximate surface area is 154 Å². The van der Waals surface area contributed by atoms with Crippen molar-refractivity contribution in [2.75, 3.05) is 31.6 Å². The van der Waals surface area contributed by atoms with Crippen molar-refractivity contribution in [2.45, 2.75) is 26.2 Å². The largest absolute Gasteiger partial charge is 0.371 e. The van der Waals surface area contributed by atoms with Gasteiger partial charge in [-0.25, -0.2) is 0 Å². The van der Waals surface area contributed by atoms with Gasteiger partial charge in [0.25, 0.3) is 5.91 Å². The summed E-state index contributed by atoms with van der Waals surface area (Å²) in [6, 6.07) is 13.5. The number of benzene rings is 1. The second-order valence-electron chi connectivity index (χ2n) is 7.43. The van der Waals surface area contributed by atoms with Gasteiger partial charge in [-0.15, -0.1) is 0 Å². The minimum absolute atomic E-state index is 0.0249. The van der Waals surface area contributed by atoms with Crippen LogP contribution in [-0.2, 0) is 0 Å². The van der Waals surface area contributed by atoms with E-state index in [0.717, 1.165) is 26.1 Å². The molecular formula is C21H27N3O2. The van der Waals surface area contributed by atoms with Crippen molar-refractivity contribution in [2.24, 2.45) is 5.92 Å². The van der Waals surface area contributed by atoms with Crippen LogP contribution in [0.15, 0.2) is 47.3 Å². The van der Waals surface area contributed by atoms with E-state index >= 15 is 0 Å². The lowest BCUT2D eigenvalue weighted by Gasteiger charge is -2.24. The van der Waals surface area contributed by atoms with Gasteiger partial charge in [0.15, 0.2) is 0 Å². The van der Waals surface area contributed by atoms with Crippen LogP contribution in [0, 0.1) is 5.92 Å². The van der Waals surface area contributed by atoms with Gasteiger partial charge in [0.1, 0.15) is 0 Å². The molecule has 1 aromatic heterocycles. The van der Waals surface area contributed by atoms with E-state index in [9.17, 15) is 9.59 Å². The van der Waals surface area contributed by atoms with E-state index < -0.39 is 0 Å². The molecule has 1 aromatic carbocycles. The summed E-state index contributed by atoms with van der Waals surface area (Å²) in [6.45, 7) is 6.67. The summed E-state index contributed by atoms with van der Waals surface area (Å²) in [5.74, 6) is 0.522. The Morgan fingerprint density at radius 2 is 1.96 bits per heavy atom. The molecule has 0 radical (unpaired) electrons. The molecule has 1 atom stereocenters. The van der Waals surface area contributed by atoms with Crippen LogP contribution in [0.4, 0.5) is 5.69 Å². The summed E-state index contributed by atoms with van der Waals surface area (Å²) in [7, 11) is 1.85. The molecule has 0 bridgehead atoms. The number of carbonyl (C=O) groups excluding carboxylic acids is 1. The van der Waals surface area contributed by atoms with Crippen molar-refractivity contribution in [1.29, 1.82) is 0 Å². The van der Waals surface area contributed by atoms with Crippen LogP contribution in [0.3, 0.4) is 0 Å². The van der Waals surface area contributed by atoms with E-state index in [-0.39, 0.29) is 17.4 Å². The minimum Gasteiger partial charge on any atom is -0.371 e. The molecule has 5 heteroatoms. The third kappa shape index (κ3) is 3.98. The first-order chi connectivity index (χ1) is 12.5. The Morgan fingerprint density at radius 1 is 1.23 bits per heavy atom. The predicted molar refractivity (Wildman–Crippen MR) is 105 cm³/mol. The fourth-order valence-electron chi connectivity index (χ4n) is 3.66. The average Bonchev–Trinajstić information content (AvgIpc) is 3.10. The van der Waals surface area contributed by atoms with E-state index in [1.807, 2.05) is 27.0 Å². The third-order valence-corrected chi connectivity index (χ3v) is 5.04. The van der Waals surface area contributed by atoms with Gasteiger partial charge >= 0.3 is 0 Å². The van der Waals surface area contributed by atoms with E-state index in [1.54, 1.807) is 11.0 Å². The average molecular weight is 353 g/mol. The molecule has 1 fully saturated rings. The van der Waals surface area contributed by atoms with Gasteiger partial charge < -0.3 is 14.8 Å². The molecule has 0 spiro atoms. The summed E-state index contributed by atoms with van der Waals surface area (Å²) >= 11 is 0. The van der Waals surface area contributed by atoms with Crippen LogP contribution in [0.5, 0.6) is 0 Å². The van der Waals surface area contributed by atoms with Gasteiger partial charge in [-0.2, -0.15) is 0 Å². The molecule has 0 saturated carbocycles. The lowest BCUT2D eigenvalue weighted by molar-refractivity contribution is 0.0774. The second kappa shape index (κ2) is 7.77. The monoisotopic (exact) mass is 353 g/mol. The lowest BCUT2D eigenvalue weighted by atomic mass is 10.0. The number of nitrogens with zero attached hydrogens (tertiary/aromatic N) is 2.